The molecule has 130 valence electrons. The normalized spacial score (nSPS) is 15.1. The van der Waals surface area contributed by atoms with Gasteiger partial charge in [0.15, 0.2) is 0 Å². The molecule has 0 aromatic heterocycles. The molecule has 0 unspecified atom stereocenters. The van der Waals surface area contributed by atoms with E-state index in [9.17, 15) is 13.2 Å². The monoisotopic (exact) mass is 376 g/mol. The minimum absolute atomic E-state index is 0.0279. The van der Waals surface area contributed by atoms with Gasteiger partial charge in [-0.05, 0) is 36.3 Å². The fourth-order valence-corrected chi connectivity index (χ4v) is 3.70. The van der Waals surface area contributed by atoms with Gasteiger partial charge in [0, 0.05) is 18.7 Å². The summed E-state index contributed by atoms with van der Waals surface area (Å²) in [6.45, 7) is 0.626. The van der Waals surface area contributed by atoms with Crippen LogP contribution in [0.15, 0.2) is 53.9 Å². The van der Waals surface area contributed by atoms with Crippen molar-refractivity contribution >= 4 is 45.0 Å². The Morgan fingerprint density at radius 2 is 1.88 bits per heavy atom. The second-order valence-electron chi connectivity index (χ2n) is 5.67. The third-order valence-electron chi connectivity index (χ3n) is 3.83. The zero-order chi connectivity index (χ0) is 17.9. The van der Waals surface area contributed by atoms with E-state index in [0.717, 1.165) is 17.4 Å². The van der Waals surface area contributed by atoms with Crippen LogP contribution in [-0.2, 0) is 14.8 Å². The lowest BCUT2D eigenvalue weighted by molar-refractivity contribution is -0.117. The highest BCUT2D eigenvalue weighted by atomic mass is 35.5. The van der Waals surface area contributed by atoms with E-state index in [0.29, 0.717) is 18.7 Å². The van der Waals surface area contributed by atoms with Crippen LogP contribution in [0.3, 0.4) is 0 Å². The molecule has 5 nitrogen and oxygen atoms in total. The van der Waals surface area contributed by atoms with Crippen molar-refractivity contribution < 1.29 is 13.2 Å². The van der Waals surface area contributed by atoms with Crippen molar-refractivity contribution in [3.63, 3.8) is 0 Å². The molecule has 7 heteroatoms. The molecule has 1 heterocycles. The van der Waals surface area contributed by atoms with Crippen LogP contribution in [0, 0.1) is 0 Å². The predicted molar refractivity (Wildman–Crippen MR) is 101 cm³/mol. The summed E-state index contributed by atoms with van der Waals surface area (Å²) >= 11 is 6.11. The second kappa shape index (κ2) is 7.29. The molecule has 0 radical (unpaired) electrons. The van der Waals surface area contributed by atoms with Gasteiger partial charge in [-0.1, -0.05) is 41.9 Å². The van der Waals surface area contributed by atoms with Gasteiger partial charge in [-0.25, -0.2) is 8.42 Å². The lowest BCUT2D eigenvalue weighted by atomic mass is 10.2. The highest BCUT2D eigenvalue weighted by Gasteiger charge is 2.22. The Balaban J connectivity index is 1.81. The van der Waals surface area contributed by atoms with Gasteiger partial charge in [0.25, 0.3) is 10.0 Å². The average Bonchev–Trinajstić information content (AvgIpc) is 3.02. The Morgan fingerprint density at radius 1 is 1.12 bits per heavy atom. The van der Waals surface area contributed by atoms with Gasteiger partial charge < -0.3 is 4.90 Å². The van der Waals surface area contributed by atoms with Gasteiger partial charge in [0.05, 0.1) is 16.1 Å². The Hall–Kier alpha value is -2.31. The van der Waals surface area contributed by atoms with E-state index >= 15 is 0 Å². The van der Waals surface area contributed by atoms with Crippen molar-refractivity contribution in [2.45, 2.75) is 12.8 Å². The molecular weight excluding hydrogens is 360 g/mol. The van der Waals surface area contributed by atoms with Gasteiger partial charge in [-0.2, -0.15) is 0 Å². The first-order chi connectivity index (χ1) is 11.9. The molecule has 0 saturated carbocycles. The van der Waals surface area contributed by atoms with Crippen molar-refractivity contribution in [3.8, 4) is 0 Å². The Bertz CT molecular complexity index is 911. The summed E-state index contributed by atoms with van der Waals surface area (Å²) in [5.74, 6) is 0.0279. The number of nitrogens with one attached hydrogen (secondary N) is 1. The van der Waals surface area contributed by atoms with E-state index in [2.05, 4.69) is 4.72 Å². The smallest absolute Gasteiger partial charge is 0.255 e. The number of hydrogen-bond donors (Lipinski definition) is 1. The number of carbonyl (C=O) groups is 1. The summed E-state index contributed by atoms with van der Waals surface area (Å²) in [6.07, 6.45) is 2.80. The molecule has 1 N–H and O–H groups in total. The molecule has 25 heavy (non-hydrogen) atoms. The number of sulfonamides is 1. The highest BCUT2D eigenvalue weighted by Crippen LogP contribution is 2.30. The molecule has 0 atom stereocenters. The number of hydrogen-bond acceptors (Lipinski definition) is 3. The van der Waals surface area contributed by atoms with Crippen molar-refractivity contribution in [2.24, 2.45) is 0 Å². The number of benzene rings is 2. The molecule has 1 amide bonds. The number of amides is 1. The van der Waals surface area contributed by atoms with Crippen molar-refractivity contribution in [1.29, 1.82) is 0 Å². The van der Waals surface area contributed by atoms with Crippen LogP contribution in [0.2, 0.25) is 5.02 Å². The maximum Gasteiger partial charge on any atom is 0.255 e. The van der Waals surface area contributed by atoms with E-state index in [4.69, 9.17) is 11.6 Å². The van der Waals surface area contributed by atoms with E-state index in [1.54, 1.807) is 35.2 Å². The number of rotatable bonds is 5. The fourth-order valence-electron chi connectivity index (χ4n) is 2.60. The Labute approximate surface area is 152 Å². The molecule has 0 bridgehead atoms. The van der Waals surface area contributed by atoms with Crippen LogP contribution in [0.1, 0.15) is 18.4 Å². The largest absolute Gasteiger partial charge is 0.312 e. The molecule has 1 saturated heterocycles. The fraction of sp³-hybridized carbons (Fsp3) is 0.167. The van der Waals surface area contributed by atoms with Gasteiger partial charge in [0.1, 0.15) is 0 Å². The minimum Gasteiger partial charge on any atom is -0.312 e. The van der Waals surface area contributed by atoms with Gasteiger partial charge >= 0.3 is 0 Å². The van der Waals surface area contributed by atoms with Crippen molar-refractivity contribution in [3.05, 3.63) is 64.5 Å². The first-order valence-electron chi connectivity index (χ1n) is 7.80. The van der Waals surface area contributed by atoms with Gasteiger partial charge in [-0.15, -0.1) is 0 Å². The van der Waals surface area contributed by atoms with Crippen LogP contribution in [0.4, 0.5) is 11.4 Å². The number of nitrogens with zero attached hydrogens (tertiary/aromatic N) is 1. The molecule has 1 aliphatic rings. The molecule has 1 aliphatic heterocycles. The number of carbonyl (C=O) groups excluding carboxylic acids is 1. The zero-order valence-electron chi connectivity index (χ0n) is 13.4. The first-order valence-corrected chi connectivity index (χ1v) is 9.73. The van der Waals surface area contributed by atoms with E-state index in [-0.39, 0.29) is 16.6 Å². The second-order valence-corrected chi connectivity index (χ2v) is 7.65. The summed E-state index contributed by atoms with van der Waals surface area (Å²) in [4.78, 5) is 13.5. The molecule has 2 aromatic carbocycles. The summed E-state index contributed by atoms with van der Waals surface area (Å²) in [5.41, 5.74) is 1.66. The number of halogens is 1. The van der Waals surface area contributed by atoms with E-state index in [1.807, 2.05) is 18.2 Å². The molecule has 1 fully saturated rings. The predicted octanol–water partition coefficient (Wildman–Crippen LogP) is 3.88. The minimum atomic E-state index is -3.73. The Kier molecular flexibility index (Phi) is 5.11. The summed E-state index contributed by atoms with van der Waals surface area (Å²) < 4.78 is 27.0. The molecular formula is C18H17ClN2O3S. The van der Waals surface area contributed by atoms with Crippen LogP contribution in [-0.4, -0.2) is 20.9 Å². The lowest BCUT2D eigenvalue weighted by Gasteiger charge is -2.17. The maximum absolute atomic E-state index is 12.3. The van der Waals surface area contributed by atoms with Crippen molar-refractivity contribution in [2.75, 3.05) is 16.2 Å². The summed E-state index contributed by atoms with van der Waals surface area (Å²) in [6, 6.07) is 14.0. The average molecular weight is 377 g/mol. The van der Waals surface area contributed by atoms with Gasteiger partial charge in [-0.3, -0.25) is 9.52 Å². The molecule has 0 spiro atoms. The van der Waals surface area contributed by atoms with E-state index in [1.165, 1.54) is 6.08 Å². The zero-order valence-corrected chi connectivity index (χ0v) is 14.9. The SMILES string of the molecule is O=C1CCCN1c1ccc(Cl)c(NS(=O)(=O)C=Cc2ccccc2)c1. The van der Waals surface area contributed by atoms with Crippen LogP contribution in [0.25, 0.3) is 6.08 Å². The van der Waals surface area contributed by atoms with Crippen molar-refractivity contribution in [1.82, 2.24) is 0 Å². The lowest BCUT2D eigenvalue weighted by Crippen LogP contribution is -2.23. The molecule has 2 aromatic rings. The quantitative estimate of drug-likeness (QED) is 0.861. The van der Waals surface area contributed by atoms with Crippen LogP contribution < -0.4 is 9.62 Å². The third kappa shape index (κ3) is 4.41. The van der Waals surface area contributed by atoms with E-state index < -0.39 is 10.0 Å². The van der Waals surface area contributed by atoms with Crippen LogP contribution in [0.5, 0.6) is 0 Å². The standard InChI is InChI=1S/C18H17ClN2O3S/c19-16-9-8-15(21-11-4-7-18(21)22)13-17(16)20-25(23,24)12-10-14-5-2-1-3-6-14/h1-3,5-6,8-10,12-13,20H,4,7,11H2. The molecule has 3 rings (SSSR count). The molecule has 0 aliphatic carbocycles. The van der Waals surface area contributed by atoms with Crippen LogP contribution >= 0.6 is 11.6 Å². The highest BCUT2D eigenvalue weighted by molar-refractivity contribution is 7.95. The number of anilines is 2. The summed E-state index contributed by atoms with van der Waals surface area (Å²) in [7, 11) is -3.73. The maximum atomic E-state index is 12.3. The Morgan fingerprint density at radius 3 is 2.56 bits per heavy atom. The third-order valence-corrected chi connectivity index (χ3v) is 5.15. The topological polar surface area (TPSA) is 66.5 Å². The van der Waals surface area contributed by atoms with Gasteiger partial charge in [0.2, 0.25) is 5.91 Å². The first kappa shape index (κ1) is 17.5. The summed E-state index contributed by atoms with van der Waals surface area (Å²) in [5, 5.41) is 1.36.